The molecule has 118 heavy (non-hydrogen) atoms. The fraction of sp³-hybridized carbons (Fsp3) is 0. The molecule has 0 radical (unpaired) electrons. The predicted octanol–water partition coefficient (Wildman–Crippen LogP) is 30.4. The number of aromatic nitrogens is 5. The molecule has 0 aliphatic carbocycles. The first-order valence-corrected chi connectivity index (χ1v) is 41.9. The van der Waals surface area contributed by atoms with Crippen molar-refractivity contribution >= 4 is 200 Å². The number of para-hydroxylation sites is 11. The van der Waals surface area contributed by atoms with Gasteiger partial charge in [-0.3, -0.25) is 0 Å². The smallest absolute Gasteiger partial charge is 0.0542 e. The van der Waals surface area contributed by atoms with Gasteiger partial charge in [-0.05, 0) is 288 Å². The van der Waals surface area contributed by atoms with Crippen LogP contribution < -0.4 is 15.1 Å². The monoisotopic (exact) mass is 1740 g/mol. The molecule has 0 fully saturated rings. The van der Waals surface area contributed by atoms with Crippen molar-refractivity contribution in [2.24, 2.45) is 0 Å². The van der Waals surface area contributed by atoms with Gasteiger partial charge in [0.15, 0.2) is 0 Å². The molecule has 0 bridgehead atoms. The van der Waals surface area contributed by atoms with E-state index in [4.69, 9.17) is 0 Å². The van der Waals surface area contributed by atoms with Crippen LogP contribution in [0, 0.1) is 7.14 Å². The van der Waals surface area contributed by atoms with E-state index in [1.165, 1.54) is 117 Å². The molecule has 0 unspecified atom stereocenters. The Hall–Kier alpha value is -14.2. The Morgan fingerprint density at radius 1 is 0.161 bits per heavy atom. The molecule has 5 heterocycles. The summed E-state index contributed by atoms with van der Waals surface area (Å²) in [5, 5.41) is 15.8. The summed E-state index contributed by atoms with van der Waals surface area (Å²) < 4.78 is 14.4. The van der Waals surface area contributed by atoms with Gasteiger partial charge in [0.05, 0.1) is 55.2 Å². The number of hydrogen-bond donors (Lipinski definition) is 1. The SMILES string of the molecule is Ic1ccc2c(c1)c1cc(I)ccc1n2-c1ccccc1.c1ccc(N(c2ccc3c(c2)c2ccccc2n3-c2ccccc2)c2ccc3c(c2)c2cc(N(c4ccccc4)c4ccc5c(c4)c4ccccc4n5-c4ccccc4)ccc2n3-c2ccccc2)cc1.c1ccc(Nc2ccc3c(c2)c2ccccc2n3-c2ccccc2)cc1. The summed E-state index contributed by atoms with van der Waals surface area (Å²) in [7, 11) is 0. The number of nitrogens with one attached hydrogen (secondary N) is 1. The maximum atomic E-state index is 3.50. The third-order valence-electron chi connectivity index (χ3n) is 22.6. The molecule has 0 aliphatic rings. The summed E-state index contributed by atoms with van der Waals surface area (Å²) in [5.41, 5.74) is 26.5. The number of nitrogens with zero attached hydrogens (tertiary/aromatic N) is 7. The van der Waals surface area contributed by atoms with Crippen LogP contribution in [0.3, 0.4) is 0 Å². The van der Waals surface area contributed by atoms with Gasteiger partial charge in [0.1, 0.15) is 0 Å². The third kappa shape index (κ3) is 13.0. The first-order valence-electron chi connectivity index (χ1n) is 39.8. The molecule has 10 heteroatoms. The molecule has 0 saturated heterocycles. The Morgan fingerprint density at radius 3 is 0.686 bits per heavy atom. The summed E-state index contributed by atoms with van der Waals surface area (Å²) in [6.07, 6.45) is 0. The van der Waals surface area contributed by atoms with Gasteiger partial charge in [0, 0.05) is 135 Å². The number of benzene rings is 18. The van der Waals surface area contributed by atoms with Crippen LogP contribution >= 0.6 is 45.2 Å². The zero-order valence-electron chi connectivity index (χ0n) is 64.0. The minimum absolute atomic E-state index is 1.08. The Balaban J connectivity index is 0.000000148. The normalized spacial score (nSPS) is 11.5. The van der Waals surface area contributed by atoms with Gasteiger partial charge >= 0.3 is 0 Å². The highest BCUT2D eigenvalue weighted by atomic mass is 127. The molecule has 560 valence electrons. The fourth-order valence-electron chi connectivity index (χ4n) is 17.5. The van der Waals surface area contributed by atoms with Crippen LogP contribution in [0.4, 0.5) is 45.5 Å². The second-order valence-electron chi connectivity index (χ2n) is 29.6. The van der Waals surface area contributed by atoms with Crippen LogP contribution in [0.2, 0.25) is 0 Å². The predicted molar refractivity (Wildman–Crippen MR) is 516 cm³/mol. The molecule has 0 aliphatic heterocycles. The van der Waals surface area contributed by atoms with Crippen molar-refractivity contribution in [3.8, 4) is 28.4 Å². The van der Waals surface area contributed by atoms with Gasteiger partial charge in [0.25, 0.3) is 0 Å². The van der Waals surface area contributed by atoms with E-state index in [-0.39, 0.29) is 0 Å². The lowest BCUT2D eigenvalue weighted by Crippen LogP contribution is -2.10. The van der Waals surface area contributed by atoms with Crippen LogP contribution in [0.1, 0.15) is 0 Å². The molecule has 23 aromatic rings. The fourth-order valence-corrected chi connectivity index (χ4v) is 18.5. The van der Waals surface area contributed by atoms with E-state index in [0.717, 1.165) is 73.6 Å². The van der Waals surface area contributed by atoms with E-state index in [1.54, 1.807) is 0 Å². The Labute approximate surface area is 710 Å². The second kappa shape index (κ2) is 30.9. The molecule has 18 aromatic carbocycles. The second-order valence-corrected chi connectivity index (χ2v) is 32.1. The van der Waals surface area contributed by atoms with Gasteiger partial charge in [-0.15, -0.1) is 0 Å². The van der Waals surface area contributed by atoms with Crippen molar-refractivity contribution in [1.29, 1.82) is 0 Å². The van der Waals surface area contributed by atoms with Crippen LogP contribution in [0.5, 0.6) is 0 Å². The van der Waals surface area contributed by atoms with Crippen LogP contribution in [0.15, 0.2) is 443 Å². The molecule has 5 aromatic heterocycles. The highest BCUT2D eigenvalue weighted by molar-refractivity contribution is 14.1. The third-order valence-corrected chi connectivity index (χ3v) is 23.9. The molecule has 23 rings (SSSR count). The van der Waals surface area contributed by atoms with Gasteiger partial charge in [0.2, 0.25) is 0 Å². The maximum Gasteiger partial charge on any atom is 0.0542 e. The maximum absolute atomic E-state index is 3.50. The summed E-state index contributed by atoms with van der Waals surface area (Å²) in [4.78, 5) is 4.81. The van der Waals surface area contributed by atoms with E-state index in [0.29, 0.717) is 0 Å². The molecule has 1 N–H and O–H groups in total. The molecular weight excluding hydrogens is 1660 g/mol. The Kier molecular flexibility index (Phi) is 18.7. The van der Waals surface area contributed by atoms with Crippen molar-refractivity contribution in [2.45, 2.75) is 0 Å². The molecule has 0 spiro atoms. The lowest BCUT2D eigenvalue weighted by Gasteiger charge is -2.26. The number of hydrogen-bond acceptors (Lipinski definition) is 3. The van der Waals surface area contributed by atoms with Crippen molar-refractivity contribution in [1.82, 2.24) is 22.8 Å². The van der Waals surface area contributed by atoms with Gasteiger partial charge in [-0.1, -0.05) is 200 Å². The lowest BCUT2D eigenvalue weighted by atomic mass is 10.1. The summed E-state index contributed by atoms with van der Waals surface area (Å²) in [6, 6.07) is 159. The van der Waals surface area contributed by atoms with Crippen LogP contribution in [-0.2, 0) is 0 Å². The molecular formula is C108H74I2N8. The van der Waals surface area contributed by atoms with E-state index in [1.807, 2.05) is 18.2 Å². The van der Waals surface area contributed by atoms with Gasteiger partial charge < -0.3 is 38.0 Å². The van der Waals surface area contributed by atoms with Gasteiger partial charge in [-0.2, -0.15) is 0 Å². The Bertz CT molecular complexity index is 7340. The summed E-state index contributed by atoms with van der Waals surface area (Å²) in [5.74, 6) is 0. The quantitative estimate of drug-likeness (QED) is 0.117. The number of fused-ring (bicyclic) bond motifs is 15. The molecule has 0 atom stereocenters. The topological polar surface area (TPSA) is 43.2 Å². The zero-order chi connectivity index (χ0) is 78.6. The van der Waals surface area contributed by atoms with E-state index in [2.05, 4.69) is 508 Å². The Morgan fingerprint density at radius 2 is 0.381 bits per heavy atom. The van der Waals surface area contributed by atoms with Crippen molar-refractivity contribution in [3.63, 3.8) is 0 Å². The summed E-state index contributed by atoms with van der Waals surface area (Å²) in [6.45, 7) is 0. The lowest BCUT2D eigenvalue weighted by molar-refractivity contribution is 1.18. The number of halogens is 2. The first kappa shape index (κ1) is 71.6. The highest BCUT2D eigenvalue weighted by Gasteiger charge is 2.24. The average molecular weight is 1740 g/mol. The number of anilines is 8. The molecule has 0 saturated carbocycles. The van der Waals surface area contributed by atoms with Crippen molar-refractivity contribution in [2.75, 3.05) is 15.1 Å². The van der Waals surface area contributed by atoms with E-state index >= 15 is 0 Å². The van der Waals surface area contributed by atoms with E-state index in [9.17, 15) is 0 Å². The average Bonchev–Trinajstić information content (AvgIpc) is 1.61. The van der Waals surface area contributed by atoms with Crippen LogP contribution in [0.25, 0.3) is 137 Å². The largest absolute Gasteiger partial charge is 0.356 e. The standard InChI is InChI=1S/C66H45N5.C24H18N2.C18H11I2N/c1-6-20-46(21-7-1)67(51-34-38-63-57(42-51)55-30-16-18-32-61(55)69(63)48-24-10-3-11-25-48)53-36-40-65-59(44-53)60-45-54(37-41-66(60)71(65)50-28-14-5-15-29-50)68(47-22-8-2-9-23-47)52-35-39-64-58(43-52)56-31-17-19-33-62(56)70(64)49-26-12-4-13-27-49;1-3-9-18(10-4-1)25-19-15-16-24-22(17-19)21-13-7-8-14-23(21)26(24)20-11-5-2-6-12-20;19-12-6-8-17-15(10-12)16-11-13(20)7-9-18(16)21(17)14-4-2-1-3-5-14/h1-45H;1-17,25H;1-11H. The van der Waals surface area contributed by atoms with Crippen LogP contribution in [-0.4, -0.2) is 22.8 Å². The highest BCUT2D eigenvalue weighted by Crippen LogP contribution is 2.47. The summed E-state index contributed by atoms with van der Waals surface area (Å²) >= 11 is 4.76. The molecule has 0 amide bonds. The van der Waals surface area contributed by atoms with Crippen molar-refractivity contribution in [3.05, 3.63) is 450 Å². The van der Waals surface area contributed by atoms with Crippen molar-refractivity contribution < 1.29 is 0 Å². The zero-order valence-corrected chi connectivity index (χ0v) is 68.3. The first-order chi connectivity index (χ1) is 58.4. The van der Waals surface area contributed by atoms with E-state index < -0.39 is 0 Å². The number of rotatable bonds is 13. The molecule has 8 nitrogen and oxygen atoms in total. The minimum Gasteiger partial charge on any atom is -0.356 e. The minimum atomic E-state index is 1.08. The van der Waals surface area contributed by atoms with Gasteiger partial charge in [-0.25, -0.2) is 0 Å².